The van der Waals surface area contributed by atoms with Crippen LogP contribution in [0.15, 0.2) is 18.2 Å². The Balaban J connectivity index is 1.91. The van der Waals surface area contributed by atoms with Crippen LogP contribution in [0.3, 0.4) is 0 Å². The maximum absolute atomic E-state index is 13.4. The van der Waals surface area contributed by atoms with E-state index in [-0.39, 0.29) is 6.54 Å². The van der Waals surface area contributed by atoms with Gasteiger partial charge in [0.05, 0.1) is 5.56 Å². The predicted octanol–water partition coefficient (Wildman–Crippen LogP) is 3.79. The minimum Gasteiger partial charge on any atom is -0.370 e. The van der Waals surface area contributed by atoms with Crippen LogP contribution in [0, 0.1) is 11.8 Å². The highest BCUT2D eigenvalue weighted by Gasteiger charge is 2.37. The zero-order valence-electron chi connectivity index (χ0n) is 12.0. The van der Waals surface area contributed by atoms with Gasteiger partial charge >= 0.3 is 6.18 Å². The maximum Gasteiger partial charge on any atom is 0.418 e. The molecule has 0 atom stereocenters. The molecule has 0 heterocycles. The van der Waals surface area contributed by atoms with Crippen molar-refractivity contribution in [2.24, 2.45) is 17.6 Å². The summed E-state index contributed by atoms with van der Waals surface area (Å²) in [5.41, 5.74) is 5.82. The minimum atomic E-state index is -4.33. The Morgan fingerprint density at radius 2 is 1.62 bits per heavy atom. The molecule has 3 rings (SSSR count). The molecular formula is C16H21F3N2. The van der Waals surface area contributed by atoms with Gasteiger partial charge in [-0.15, -0.1) is 0 Å². The lowest BCUT2D eigenvalue weighted by molar-refractivity contribution is -0.137. The van der Waals surface area contributed by atoms with Gasteiger partial charge in [0.2, 0.25) is 0 Å². The van der Waals surface area contributed by atoms with Crippen LogP contribution in [0.25, 0.3) is 0 Å². The molecule has 5 heteroatoms. The topological polar surface area (TPSA) is 29.3 Å². The van der Waals surface area contributed by atoms with Gasteiger partial charge in [-0.3, -0.25) is 0 Å². The lowest BCUT2D eigenvalue weighted by Crippen LogP contribution is -2.30. The number of hydrogen-bond donors (Lipinski definition) is 1. The van der Waals surface area contributed by atoms with Crippen molar-refractivity contribution < 1.29 is 13.2 Å². The second-order valence-corrected chi connectivity index (χ2v) is 6.35. The van der Waals surface area contributed by atoms with Gasteiger partial charge in [-0.05, 0) is 55.2 Å². The van der Waals surface area contributed by atoms with Crippen molar-refractivity contribution in [3.05, 3.63) is 29.3 Å². The van der Waals surface area contributed by atoms with E-state index in [1.807, 2.05) is 4.90 Å². The highest BCUT2D eigenvalue weighted by Crippen LogP contribution is 2.41. The van der Waals surface area contributed by atoms with E-state index in [1.54, 1.807) is 12.1 Å². The smallest absolute Gasteiger partial charge is 0.370 e. The zero-order chi connectivity index (χ0) is 15.0. The fourth-order valence-corrected chi connectivity index (χ4v) is 2.71. The Morgan fingerprint density at radius 1 is 1.05 bits per heavy atom. The Hall–Kier alpha value is -1.23. The van der Waals surface area contributed by atoms with Crippen LogP contribution in [0.4, 0.5) is 18.9 Å². The first kappa shape index (κ1) is 14.7. The van der Waals surface area contributed by atoms with Crippen LogP contribution < -0.4 is 10.6 Å². The molecule has 0 spiro atoms. The van der Waals surface area contributed by atoms with Crippen LogP contribution in [0.5, 0.6) is 0 Å². The number of hydrogen-bond acceptors (Lipinski definition) is 2. The quantitative estimate of drug-likeness (QED) is 0.865. The third-order valence-electron chi connectivity index (χ3n) is 4.29. The van der Waals surface area contributed by atoms with Crippen LogP contribution in [-0.2, 0) is 12.7 Å². The van der Waals surface area contributed by atoms with Gasteiger partial charge in [0, 0.05) is 25.3 Å². The van der Waals surface area contributed by atoms with Crippen molar-refractivity contribution >= 4 is 5.69 Å². The Labute approximate surface area is 123 Å². The third kappa shape index (κ3) is 3.70. The molecule has 0 aromatic heterocycles. The highest BCUT2D eigenvalue weighted by atomic mass is 19.4. The lowest BCUT2D eigenvalue weighted by Gasteiger charge is -2.28. The average molecular weight is 298 g/mol. The Morgan fingerprint density at radius 3 is 2.05 bits per heavy atom. The number of nitrogens with two attached hydrogens (primary N) is 1. The van der Waals surface area contributed by atoms with E-state index >= 15 is 0 Å². The normalized spacial score (nSPS) is 18.9. The SMILES string of the molecule is NCc1ccc(N(CC2CC2)CC2CC2)c(C(F)(F)F)c1. The molecule has 2 saturated carbocycles. The average Bonchev–Trinajstić information content (AvgIpc) is 3.31. The fraction of sp³-hybridized carbons (Fsp3) is 0.625. The molecular weight excluding hydrogens is 277 g/mol. The first-order chi connectivity index (χ1) is 9.97. The van der Waals surface area contributed by atoms with Crippen molar-refractivity contribution in [3.8, 4) is 0 Å². The predicted molar refractivity (Wildman–Crippen MR) is 77.0 cm³/mol. The second-order valence-electron chi connectivity index (χ2n) is 6.35. The molecule has 2 aliphatic carbocycles. The Kier molecular flexibility index (Phi) is 3.86. The van der Waals surface area contributed by atoms with Crippen LogP contribution in [-0.4, -0.2) is 13.1 Å². The molecule has 21 heavy (non-hydrogen) atoms. The summed E-state index contributed by atoms with van der Waals surface area (Å²) >= 11 is 0. The Bertz CT molecular complexity index is 491. The summed E-state index contributed by atoms with van der Waals surface area (Å²) in [5, 5.41) is 0. The highest BCUT2D eigenvalue weighted by molar-refractivity contribution is 5.57. The van der Waals surface area contributed by atoms with Gasteiger partial charge < -0.3 is 10.6 Å². The third-order valence-corrected chi connectivity index (χ3v) is 4.29. The number of benzene rings is 1. The molecule has 0 radical (unpaired) electrons. The largest absolute Gasteiger partial charge is 0.418 e. The van der Waals surface area contributed by atoms with Gasteiger partial charge in [0.15, 0.2) is 0 Å². The van der Waals surface area contributed by atoms with Gasteiger partial charge in [-0.2, -0.15) is 13.2 Å². The lowest BCUT2D eigenvalue weighted by atomic mass is 10.1. The summed E-state index contributed by atoms with van der Waals surface area (Å²) < 4.78 is 40.1. The van der Waals surface area contributed by atoms with Crippen LogP contribution in [0.1, 0.15) is 36.8 Å². The zero-order valence-corrected chi connectivity index (χ0v) is 12.0. The molecule has 2 N–H and O–H groups in total. The molecule has 1 aromatic rings. The minimum absolute atomic E-state index is 0.134. The van der Waals surface area contributed by atoms with E-state index in [1.165, 1.54) is 6.07 Å². The van der Waals surface area contributed by atoms with Gasteiger partial charge in [-0.25, -0.2) is 0 Å². The van der Waals surface area contributed by atoms with E-state index in [0.717, 1.165) is 38.8 Å². The van der Waals surface area contributed by atoms with E-state index in [2.05, 4.69) is 0 Å². The first-order valence-corrected chi connectivity index (χ1v) is 7.62. The molecule has 116 valence electrons. The molecule has 1 aromatic carbocycles. The number of anilines is 1. The molecule has 0 unspecified atom stereocenters. The molecule has 0 bridgehead atoms. The standard InChI is InChI=1S/C16H21F3N2/c17-16(18,19)14-7-13(8-20)5-6-15(14)21(9-11-1-2-11)10-12-3-4-12/h5-7,11-12H,1-4,8-10,20H2. The van der Waals surface area contributed by atoms with Gasteiger partial charge in [0.25, 0.3) is 0 Å². The maximum atomic E-state index is 13.4. The fourth-order valence-electron chi connectivity index (χ4n) is 2.71. The van der Waals surface area contributed by atoms with E-state index in [9.17, 15) is 13.2 Å². The van der Waals surface area contributed by atoms with Crippen molar-refractivity contribution in [2.45, 2.75) is 38.4 Å². The number of halogens is 3. The molecule has 0 aliphatic heterocycles. The molecule has 2 fully saturated rings. The molecule has 0 amide bonds. The van der Waals surface area contributed by atoms with Crippen LogP contribution in [0.2, 0.25) is 0 Å². The van der Waals surface area contributed by atoms with Crippen molar-refractivity contribution in [1.29, 1.82) is 0 Å². The number of nitrogens with zero attached hydrogens (tertiary/aromatic N) is 1. The molecule has 2 nitrogen and oxygen atoms in total. The van der Waals surface area contributed by atoms with E-state index in [0.29, 0.717) is 23.1 Å². The monoisotopic (exact) mass is 298 g/mol. The summed E-state index contributed by atoms with van der Waals surface area (Å²) in [6.07, 6.45) is 0.242. The van der Waals surface area contributed by atoms with Crippen molar-refractivity contribution in [1.82, 2.24) is 0 Å². The number of rotatable bonds is 6. The van der Waals surface area contributed by atoms with E-state index in [4.69, 9.17) is 5.73 Å². The molecule has 2 aliphatic rings. The summed E-state index contributed by atoms with van der Waals surface area (Å²) in [7, 11) is 0. The van der Waals surface area contributed by atoms with Crippen LogP contribution >= 0.6 is 0 Å². The number of alkyl halides is 3. The van der Waals surface area contributed by atoms with E-state index < -0.39 is 11.7 Å². The van der Waals surface area contributed by atoms with Gasteiger partial charge in [0.1, 0.15) is 0 Å². The second kappa shape index (κ2) is 5.52. The summed E-state index contributed by atoms with van der Waals surface area (Å²) in [4.78, 5) is 1.96. The summed E-state index contributed by atoms with van der Waals surface area (Å²) in [5.74, 6) is 1.14. The van der Waals surface area contributed by atoms with Crippen molar-refractivity contribution in [2.75, 3.05) is 18.0 Å². The first-order valence-electron chi connectivity index (χ1n) is 7.62. The summed E-state index contributed by atoms with van der Waals surface area (Å²) in [6.45, 7) is 1.64. The summed E-state index contributed by atoms with van der Waals surface area (Å²) in [6, 6.07) is 4.54. The van der Waals surface area contributed by atoms with Gasteiger partial charge in [-0.1, -0.05) is 6.07 Å². The van der Waals surface area contributed by atoms with Crippen molar-refractivity contribution in [3.63, 3.8) is 0 Å². The molecule has 0 saturated heterocycles.